The lowest BCUT2D eigenvalue weighted by Crippen LogP contribution is -2.50. The quantitative estimate of drug-likeness (QED) is 0.629. The van der Waals surface area contributed by atoms with Crippen LogP contribution in [0, 0.1) is 18.6 Å². The summed E-state index contributed by atoms with van der Waals surface area (Å²) in [7, 11) is -4.15. The van der Waals surface area contributed by atoms with Crippen molar-refractivity contribution in [3.8, 4) is 0 Å². The maximum atomic E-state index is 13.6. The number of benzene rings is 3. The Hall–Kier alpha value is -3.26. The lowest BCUT2D eigenvalue weighted by Gasteiger charge is -2.36. The van der Waals surface area contributed by atoms with Gasteiger partial charge in [0.15, 0.2) is 0 Å². The molecule has 0 fully saturated rings. The number of anilines is 2. The summed E-state index contributed by atoms with van der Waals surface area (Å²) < 4.78 is 54.4. The fraction of sp³-hybridized carbons (Fsp3) is 0.0952. The average Bonchev–Trinajstić information content (AvgIpc) is 2.64. The van der Waals surface area contributed by atoms with Crippen LogP contribution in [-0.4, -0.2) is 14.4 Å². The van der Waals surface area contributed by atoms with E-state index in [4.69, 9.17) is 0 Å². The number of nitrogens with zero attached hydrogens (tertiary/aromatic N) is 2. The first-order valence-electron chi connectivity index (χ1n) is 8.75. The molecule has 29 heavy (non-hydrogen) atoms. The van der Waals surface area contributed by atoms with Gasteiger partial charge in [0, 0.05) is 6.07 Å². The molecule has 0 unspecified atom stereocenters. The third-order valence-corrected chi connectivity index (χ3v) is 6.33. The molecule has 3 aromatic carbocycles. The van der Waals surface area contributed by atoms with Crippen LogP contribution < -0.4 is 9.21 Å². The first-order valence-corrected chi connectivity index (χ1v) is 10.2. The number of amides is 2. The molecule has 1 heterocycles. The van der Waals surface area contributed by atoms with Gasteiger partial charge < -0.3 is 0 Å². The largest absolute Gasteiger partial charge is 0.343 e. The molecule has 1 aliphatic rings. The van der Waals surface area contributed by atoms with E-state index in [0.717, 1.165) is 28.1 Å². The van der Waals surface area contributed by atoms with Crippen molar-refractivity contribution in [3.63, 3.8) is 0 Å². The van der Waals surface area contributed by atoms with Gasteiger partial charge in [0.2, 0.25) is 0 Å². The molecule has 2 amide bonds. The SMILES string of the molecule is Cc1cccc(N2C(=O)N(Cc3cc(F)cc(F)c3)c3ccccc3S2(=O)=O)c1. The van der Waals surface area contributed by atoms with Gasteiger partial charge in [0.25, 0.3) is 10.0 Å². The summed E-state index contributed by atoms with van der Waals surface area (Å²) in [6, 6.07) is 14.7. The Labute approximate surface area is 166 Å². The van der Waals surface area contributed by atoms with Crippen molar-refractivity contribution < 1.29 is 22.0 Å². The van der Waals surface area contributed by atoms with Crippen LogP contribution in [0.4, 0.5) is 25.0 Å². The molecular weight excluding hydrogens is 398 g/mol. The van der Waals surface area contributed by atoms with Gasteiger partial charge in [-0.1, -0.05) is 24.3 Å². The summed E-state index contributed by atoms with van der Waals surface area (Å²) in [6.07, 6.45) is 0. The van der Waals surface area contributed by atoms with Gasteiger partial charge in [-0.2, -0.15) is 4.31 Å². The van der Waals surface area contributed by atoms with E-state index in [2.05, 4.69) is 0 Å². The Bertz CT molecular complexity index is 1210. The molecule has 0 aliphatic carbocycles. The van der Waals surface area contributed by atoms with Crippen molar-refractivity contribution in [2.75, 3.05) is 9.21 Å². The minimum atomic E-state index is -4.15. The van der Waals surface area contributed by atoms with E-state index in [1.165, 1.54) is 23.1 Å². The molecule has 4 rings (SSSR count). The van der Waals surface area contributed by atoms with Gasteiger partial charge in [-0.25, -0.2) is 22.0 Å². The van der Waals surface area contributed by atoms with E-state index in [1.54, 1.807) is 37.3 Å². The minimum Gasteiger partial charge on any atom is -0.287 e. The van der Waals surface area contributed by atoms with Crippen LogP contribution in [0.25, 0.3) is 0 Å². The van der Waals surface area contributed by atoms with Crippen molar-refractivity contribution in [1.29, 1.82) is 0 Å². The van der Waals surface area contributed by atoms with Crippen molar-refractivity contribution in [1.82, 2.24) is 0 Å². The third-order valence-electron chi connectivity index (χ3n) is 4.58. The molecule has 5 nitrogen and oxygen atoms in total. The second-order valence-corrected chi connectivity index (χ2v) is 8.48. The molecule has 1 aliphatic heterocycles. The van der Waals surface area contributed by atoms with Gasteiger partial charge in [-0.05, 0) is 54.4 Å². The zero-order valence-corrected chi connectivity index (χ0v) is 16.2. The van der Waals surface area contributed by atoms with Crippen LogP contribution >= 0.6 is 0 Å². The Morgan fingerprint density at radius 2 is 1.59 bits per heavy atom. The van der Waals surface area contributed by atoms with Crippen LogP contribution in [0.3, 0.4) is 0 Å². The van der Waals surface area contributed by atoms with Crippen molar-refractivity contribution in [2.45, 2.75) is 18.4 Å². The highest BCUT2D eigenvalue weighted by molar-refractivity contribution is 7.94. The lowest BCUT2D eigenvalue weighted by atomic mass is 10.2. The highest BCUT2D eigenvalue weighted by Crippen LogP contribution is 2.38. The molecular formula is C21H16F2N2O3S. The Morgan fingerprint density at radius 3 is 2.28 bits per heavy atom. The molecule has 0 atom stereocenters. The van der Waals surface area contributed by atoms with E-state index in [9.17, 15) is 22.0 Å². The van der Waals surface area contributed by atoms with Crippen molar-refractivity contribution in [2.24, 2.45) is 0 Å². The number of para-hydroxylation sites is 1. The Morgan fingerprint density at radius 1 is 0.897 bits per heavy atom. The number of aryl methyl sites for hydroxylation is 1. The number of rotatable bonds is 3. The van der Waals surface area contributed by atoms with Crippen LogP contribution in [0.2, 0.25) is 0 Å². The van der Waals surface area contributed by atoms with E-state index >= 15 is 0 Å². The van der Waals surface area contributed by atoms with Gasteiger partial charge in [-0.3, -0.25) is 4.90 Å². The van der Waals surface area contributed by atoms with E-state index < -0.39 is 27.7 Å². The predicted octanol–water partition coefficient (Wildman–Crippen LogP) is 4.61. The lowest BCUT2D eigenvalue weighted by molar-refractivity contribution is 0.253. The highest BCUT2D eigenvalue weighted by atomic mass is 32.2. The maximum absolute atomic E-state index is 13.6. The van der Waals surface area contributed by atoms with E-state index in [0.29, 0.717) is 0 Å². The summed E-state index contributed by atoms with van der Waals surface area (Å²) >= 11 is 0. The van der Waals surface area contributed by atoms with Crippen LogP contribution in [0.5, 0.6) is 0 Å². The minimum absolute atomic E-state index is 0.0574. The first-order chi connectivity index (χ1) is 13.8. The predicted molar refractivity (Wildman–Crippen MR) is 105 cm³/mol. The second-order valence-electron chi connectivity index (χ2n) is 6.72. The molecule has 8 heteroatoms. The van der Waals surface area contributed by atoms with Crippen LogP contribution in [0.15, 0.2) is 71.6 Å². The zero-order chi connectivity index (χ0) is 20.8. The smallest absolute Gasteiger partial charge is 0.287 e. The third kappa shape index (κ3) is 3.36. The van der Waals surface area contributed by atoms with E-state index in [-0.39, 0.29) is 28.4 Å². The number of hydrogen-bond acceptors (Lipinski definition) is 3. The van der Waals surface area contributed by atoms with Gasteiger partial charge >= 0.3 is 6.03 Å². The summed E-state index contributed by atoms with van der Waals surface area (Å²) in [4.78, 5) is 14.4. The Balaban J connectivity index is 1.88. The zero-order valence-electron chi connectivity index (χ0n) is 15.3. The van der Waals surface area contributed by atoms with Gasteiger partial charge in [-0.15, -0.1) is 0 Å². The number of fused-ring (bicyclic) bond motifs is 1. The first kappa shape index (κ1) is 19.1. The molecule has 0 radical (unpaired) electrons. The van der Waals surface area contributed by atoms with Crippen molar-refractivity contribution in [3.05, 3.63) is 89.5 Å². The molecule has 0 spiro atoms. The maximum Gasteiger partial charge on any atom is 0.343 e. The highest BCUT2D eigenvalue weighted by Gasteiger charge is 2.42. The molecule has 3 aromatic rings. The fourth-order valence-electron chi connectivity index (χ4n) is 3.35. The molecule has 0 bridgehead atoms. The topological polar surface area (TPSA) is 57.7 Å². The normalized spacial score (nSPS) is 15.3. The van der Waals surface area contributed by atoms with Crippen LogP contribution in [-0.2, 0) is 16.6 Å². The van der Waals surface area contributed by atoms with E-state index in [1.807, 2.05) is 0 Å². The van der Waals surface area contributed by atoms with Crippen molar-refractivity contribution >= 4 is 27.4 Å². The number of carbonyl (C=O) groups is 1. The van der Waals surface area contributed by atoms with Crippen LogP contribution in [0.1, 0.15) is 11.1 Å². The molecule has 0 N–H and O–H groups in total. The summed E-state index contributed by atoms with van der Waals surface area (Å²) in [5.74, 6) is -1.55. The molecule has 0 aromatic heterocycles. The molecule has 0 saturated carbocycles. The number of hydrogen-bond donors (Lipinski definition) is 0. The van der Waals surface area contributed by atoms with Gasteiger partial charge in [0.1, 0.15) is 16.5 Å². The summed E-state index contributed by atoms with van der Waals surface area (Å²) in [5.41, 5.74) is 1.34. The summed E-state index contributed by atoms with van der Waals surface area (Å²) in [5, 5.41) is 0. The molecule has 148 valence electrons. The fourth-order valence-corrected chi connectivity index (χ4v) is 4.94. The second kappa shape index (κ2) is 6.97. The standard InChI is InChI=1S/C21H16F2N2O3S/c1-14-5-4-6-18(9-14)25-21(26)24(13-15-10-16(22)12-17(23)11-15)19-7-2-3-8-20(19)29(25,27)28/h2-12H,13H2,1H3. The summed E-state index contributed by atoms with van der Waals surface area (Å²) in [6.45, 7) is 1.59. The number of urea groups is 1. The Kier molecular flexibility index (Phi) is 4.58. The molecule has 0 saturated heterocycles. The number of halogens is 2. The monoisotopic (exact) mass is 414 g/mol. The average molecular weight is 414 g/mol. The number of carbonyl (C=O) groups excluding carboxylic acids is 1. The van der Waals surface area contributed by atoms with Gasteiger partial charge in [0.05, 0.1) is 17.9 Å². The number of sulfonamides is 1.